The molecule has 312 valence electrons. The summed E-state index contributed by atoms with van der Waals surface area (Å²) in [5.74, 6) is -0.0622. The molecule has 2 aliphatic heterocycles. The Bertz CT molecular complexity index is 3230. The molecule has 3 heterocycles. The van der Waals surface area contributed by atoms with Crippen molar-refractivity contribution in [2.75, 3.05) is 9.80 Å². The third kappa shape index (κ3) is 6.05. The maximum absolute atomic E-state index is 15.5. The van der Waals surface area contributed by atoms with E-state index in [0.717, 1.165) is 34.1 Å². The predicted molar refractivity (Wildman–Crippen MR) is 278 cm³/mol. The van der Waals surface area contributed by atoms with Gasteiger partial charge in [-0.15, -0.1) is 0 Å². The molecule has 12 rings (SSSR count). The average Bonchev–Trinajstić information content (AvgIpc) is 3.40. The van der Waals surface area contributed by atoms with Crippen molar-refractivity contribution < 1.29 is 4.79 Å². The van der Waals surface area contributed by atoms with Gasteiger partial charge >= 0.3 is 393 Å². The number of pyridine rings is 1. The zero-order valence-electron chi connectivity index (χ0n) is 36.1. The topological polar surface area (TPSA) is 36.4 Å². The molecule has 4 nitrogen and oxygen atoms in total. The first kappa shape index (κ1) is 40.0. The van der Waals surface area contributed by atoms with E-state index in [0.29, 0.717) is 11.1 Å². The van der Waals surface area contributed by atoms with Gasteiger partial charge < -0.3 is 0 Å². The minimum atomic E-state index is -3.67. The van der Waals surface area contributed by atoms with E-state index < -0.39 is 26.5 Å². The van der Waals surface area contributed by atoms with Crippen LogP contribution in [0.25, 0.3) is 0 Å². The van der Waals surface area contributed by atoms with Crippen molar-refractivity contribution in [3.63, 3.8) is 0 Å². The van der Waals surface area contributed by atoms with Gasteiger partial charge in [0.05, 0.1) is 0 Å². The quantitative estimate of drug-likeness (QED) is 0.113. The van der Waals surface area contributed by atoms with Gasteiger partial charge in [0.15, 0.2) is 0 Å². The number of para-hydroxylation sites is 4. The Labute approximate surface area is 390 Å². The third-order valence-corrected chi connectivity index (χ3v) is 34.1. The van der Waals surface area contributed by atoms with Crippen molar-refractivity contribution in [3.05, 3.63) is 272 Å². The first-order valence-corrected chi connectivity index (χ1v) is 30.9. The van der Waals surface area contributed by atoms with Crippen molar-refractivity contribution in [1.29, 1.82) is 0 Å². The van der Waals surface area contributed by atoms with E-state index in [1.165, 1.54) is 35.2 Å². The van der Waals surface area contributed by atoms with Gasteiger partial charge in [-0.3, -0.25) is 0 Å². The molecule has 6 heteroatoms. The molecule has 0 aliphatic carbocycles. The number of carbonyl (C=O) groups is 1. The zero-order chi connectivity index (χ0) is 44.1. The summed E-state index contributed by atoms with van der Waals surface area (Å²) >= 11 is -7.29. The summed E-state index contributed by atoms with van der Waals surface area (Å²) in [5.41, 5.74) is 7.42. The molecule has 66 heavy (non-hydrogen) atoms. The van der Waals surface area contributed by atoms with E-state index in [9.17, 15) is 0 Å². The second kappa shape index (κ2) is 16.5. The van der Waals surface area contributed by atoms with Crippen molar-refractivity contribution >= 4 is 102 Å². The molecular formula is C60H43Ge2N3O. The first-order chi connectivity index (χ1) is 32.7. The molecule has 0 amide bonds. The van der Waals surface area contributed by atoms with E-state index >= 15 is 4.79 Å². The van der Waals surface area contributed by atoms with Crippen LogP contribution >= 0.6 is 0 Å². The molecule has 0 radical (unpaired) electrons. The molecule has 0 atom stereocenters. The molecule has 0 fully saturated rings. The second-order valence-electron chi connectivity index (χ2n) is 17.0. The molecule has 0 spiro atoms. The Morgan fingerprint density at radius 3 is 1.05 bits per heavy atom. The van der Waals surface area contributed by atoms with Gasteiger partial charge in [-0.1, -0.05) is 0 Å². The Balaban J connectivity index is 1.12. The molecule has 0 saturated carbocycles. The number of hydrogen-bond acceptors (Lipinski definition) is 4. The number of aromatic nitrogens is 1. The normalized spacial score (nSPS) is 14.0. The molecule has 10 aromatic rings. The van der Waals surface area contributed by atoms with Gasteiger partial charge in [0.1, 0.15) is 0 Å². The Morgan fingerprint density at radius 1 is 0.333 bits per heavy atom. The number of nitrogens with zero attached hydrogens (tertiary/aromatic N) is 3. The van der Waals surface area contributed by atoms with Crippen molar-refractivity contribution in [3.8, 4) is 0 Å². The molecule has 0 N–H and O–H groups in total. The Kier molecular flexibility index (Phi) is 10.00. The summed E-state index contributed by atoms with van der Waals surface area (Å²) in [6.45, 7) is 0. The van der Waals surface area contributed by atoms with E-state index in [1.807, 2.05) is 12.1 Å². The summed E-state index contributed by atoms with van der Waals surface area (Å²) in [6, 6.07) is 90.5. The standard InChI is InChI=1S/C60H43Ge2N3O/c66-60(44-39-41-63-42-40-44)50-43-49(64-56-33-17-13-29-51(56)61(45-21-5-1-6-22-45,46-23-7-2-8-24-46)52-30-14-18-34-57(52)64)37-38-55(50)65-58-35-19-15-31-53(58)62(47-25-9-3-10-26-47,48-27-11-4-12-28-48)54-32-16-20-36-59(54)65/h1-43H. The Morgan fingerprint density at radius 2 is 0.667 bits per heavy atom. The number of anilines is 6. The summed E-state index contributed by atoms with van der Waals surface area (Å²) in [7, 11) is 0. The fourth-order valence-corrected chi connectivity index (χ4v) is 32.5. The van der Waals surface area contributed by atoms with Gasteiger partial charge in [-0.25, -0.2) is 0 Å². The number of fused-ring (bicyclic) bond motifs is 4. The predicted octanol–water partition coefficient (Wildman–Crippen LogP) is 8.63. The zero-order valence-corrected chi connectivity index (χ0v) is 40.3. The molecule has 0 saturated heterocycles. The van der Waals surface area contributed by atoms with Gasteiger partial charge in [-0.2, -0.15) is 0 Å². The van der Waals surface area contributed by atoms with Gasteiger partial charge in [-0.05, 0) is 0 Å². The monoisotopic (exact) mass is 969 g/mol. The van der Waals surface area contributed by atoms with Crippen molar-refractivity contribution in [2.24, 2.45) is 0 Å². The second-order valence-corrected chi connectivity index (χ2v) is 32.6. The average molecular weight is 967 g/mol. The van der Waals surface area contributed by atoms with E-state index in [1.54, 1.807) is 12.4 Å². The van der Waals surface area contributed by atoms with Crippen LogP contribution in [-0.4, -0.2) is 37.3 Å². The van der Waals surface area contributed by atoms with Crippen LogP contribution in [0.1, 0.15) is 15.9 Å². The van der Waals surface area contributed by atoms with Crippen molar-refractivity contribution in [1.82, 2.24) is 4.98 Å². The maximum atomic E-state index is 15.5. The van der Waals surface area contributed by atoms with Gasteiger partial charge in [0.25, 0.3) is 0 Å². The SMILES string of the molecule is O=C(c1ccncc1)c1cc(N2c3cccc[c]3[Ge]([c]3ccccc3)([c]3ccccc3)[c]3ccccc32)ccc1N1c2cccc[c]2[Ge]([c]2ccccc2)([c]2ccccc2)[c]2ccccc21. The summed E-state index contributed by atoms with van der Waals surface area (Å²) in [5, 5.41) is 0. The molecule has 0 bridgehead atoms. The van der Waals surface area contributed by atoms with Crippen LogP contribution in [0.15, 0.2) is 261 Å². The fourth-order valence-electron chi connectivity index (χ4n) is 11.1. The van der Waals surface area contributed by atoms with Crippen LogP contribution in [0.2, 0.25) is 0 Å². The van der Waals surface area contributed by atoms with Crippen LogP contribution < -0.4 is 45.0 Å². The van der Waals surface area contributed by atoms with E-state index in [-0.39, 0.29) is 5.78 Å². The van der Waals surface area contributed by atoms with Crippen LogP contribution in [-0.2, 0) is 0 Å². The van der Waals surface area contributed by atoms with Crippen LogP contribution in [0, 0.1) is 0 Å². The summed E-state index contributed by atoms with van der Waals surface area (Å²) < 4.78 is 10.8. The fraction of sp³-hybridized carbons (Fsp3) is 0. The minimum absolute atomic E-state index is 0.0622. The third-order valence-electron chi connectivity index (χ3n) is 13.7. The van der Waals surface area contributed by atoms with Gasteiger partial charge in [0.2, 0.25) is 0 Å². The van der Waals surface area contributed by atoms with Crippen molar-refractivity contribution in [2.45, 2.75) is 0 Å². The van der Waals surface area contributed by atoms with E-state index in [4.69, 9.17) is 0 Å². The van der Waals surface area contributed by atoms with Gasteiger partial charge in [0, 0.05) is 0 Å². The molecule has 0 unspecified atom stereocenters. The molecular weight excluding hydrogens is 924 g/mol. The number of carbonyl (C=O) groups excluding carboxylic acids is 1. The summed E-state index contributed by atoms with van der Waals surface area (Å²) in [6.07, 6.45) is 3.42. The summed E-state index contributed by atoms with van der Waals surface area (Å²) in [4.78, 5) is 24.5. The first-order valence-electron chi connectivity index (χ1n) is 22.5. The number of ketones is 1. The van der Waals surface area contributed by atoms with E-state index in [2.05, 4.69) is 251 Å². The molecule has 1 aromatic heterocycles. The number of benzene rings is 9. The number of hydrogen-bond donors (Lipinski definition) is 0. The molecule has 9 aromatic carbocycles. The Hall–Kier alpha value is -7.51. The molecule has 2 aliphatic rings. The van der Waals surface area contributed by atoms with Crippen LogP contribution in [0.5, 0.6) is 0 Å². The van der Waals surface area contributed by atoms with Crippen LogP contribution in [0.3, 0.4) is 0 Å². The number of rotatable bonds is 8. The van der Waals surface area contributed by atoms with Crippen LogP contribution in [0.4, 0.5) is 34.1 Å².